The summed E-state index contributed by atoms with van der Waals surface area (Å²) in [5.41, 5.74) is -0.317. The molecule has 0 bridgehead atoms. The SMILES string of the molecule is COc1cccn(CC(O)CO)c1=O. The summed E-state index contributed by atoms with van der Waals surface area (Å²) >= 11 is 0. The van der Waals surface area contributed by atoms with E-state index in [1.54, 1.807) is 12.1 Å². The Kier molecular flexibility index (Phi) is 3.67. The van der Waals surface area contributed by atoms with Crippen LogP contribution in [0.5, 0.6) is 5.75 Å². The lowest BCUT2D eigenvalue weighted by Gasteiger charge is -2.10. The van der Waals surface area contributed by atoms with Gasteiger partial charge in [-0.25, -0.2) is 0 Å². The number of aliphatic hydroxyl groups excluding tert-OH is 2. The van der Waals surface area contributed by atoms with Gasteiger partial charge in [0.1, 0.15) is 0 Å². The van der Waals surface area contributed by atoms with Crippen LogP contribution in [0.15, 0.2) is 23.1 Å². The number of methoxy groups -OCH3 is 1. The summed E-state index contributed by atoms with van der Waals surface area (Å²) in [6.45, 7) is -0.309. The number of aliphatic hydroxyl groups is 2. The average molecular weight is 199 g/mol. The summed E-state index contributed by atoms with van der Waals surface area (Å²) in [5.74, 6) is 0.220. The van der Waals surface area contributed by atoms with Gasteiger partial charge in [0.05, 0.1) is 26.4 Å². The van der Waals surface area contributed by atoms with Gasteiger partial charge in [0.25, 0.3) is 5.56 Å². The first-order chi connectivity index (χ1) is 6.69. The van der Waals surface area contributed by atoms with E-state index in [2.05, 4.69) is 0 Å². The average Bonchev–Trinajstić information content (AvgIpc) is 2.21. The van der Waals surface area contributed by atoms with Crippen molar-refractivity contribution in [2.75, 3.05) is 13.7 Å². The second-order valence-electron chi connectivity index (χ2n) is 2.87. The molecule has 5 nitrogen and oxygen atoms in total. The number of pyridine rings is 1. The van der Waals surface area contributed by atoms with Crippen molar-refractivity contribution in [1.29, 1.82) is 0 Å². The molecule has 0 fully saturated rings. The largest absolute Gasteiger partial charge is 0.491 e. The smallest absolute Gasteiger partial charge is 0.292 e. The maximum Gasteiger partial charge on any atom is 0.292 e. The van der Waals surface area contributed by atoms with Crippen molar-refractivity contribution in [2.45, 2.75) is 12.6 Å². The minimum atomic E-state index is -0.931. The summed E-state index contributed by atoms with van der Waals surface area (Å²) < 4.78 is 6.11. The lowest BCUT2D eigenvalue weighted by molar-refractivity contribution is 0.0802. The molecule has 1 atom stereocenters. The summed E-state index contributed by atoms with van der Waals surface area (Å²) in [6, 6.07) is 3.19. The summed E-state index contributed by atoms with van der Waals surface area (Å²) in [5, 5.41) is 17.8. The highest BCUT2D eigenvalue weighted by molar-refractivity contribution is 5.16. The quantitative estimate of drug-likeness (QED) is 0.666. The molecule has 0 radical (unpaired) electrons. The monoisotopic (exact) mass is 199 g/mol. The fourth-order valence-electron chi connectivity index (χ4n) is 1.10. The van der Waals surface area contributed by atoms with Crippen molar-refractivity contribution in [1.82, 2.24) is 4.57 Å². The minimum Gasteiger partial charge on any atom is -0.491 e. The Hall–Kier alpha value is -1.33. The Morgan fingerprint density at radius 1 is 1.64 bits per heavy atom. The van der Waals surface area contributed by atoms with E-state index in [4.69, 9.17) is 14.9 Å². The van der Waals surface area contributed by atoms with E-state index in [9.17, 15) is 4.79 Å². The first-order valence-corrected chi connectivity index (χ1v) is 4.21. The van der Waals surface area contributed by atoms with Crippen LogP contribution in [0, 0.1) is 0 Å². The van der Waals surface area contributed by atoms with E-state index in [0.717, 1.165) is 0 Å². The zero-order chi connectivity index (χ0) is 10.6. The van der Waals surface area contributed by atoms with Gasteiger partial charge < -0.3 is 19.5 Å². The van der Waals surface area contributed by atoms with Crippen molar-refractivity contribution in [2.24, 2.45) is 0 Å². The third-order valence-electron chi connectivity index (χ3n) is 1.82. The van der Waals surface area contributed by atoms with Gasteiger partial charge in [0, 0.05) is 6.20 Å². The molecule has 0 spiro atoms. The van der Waals surface area contributed by atoms with Crippen molar-refractivity contribution in [3.63, 3.8) is 0 Å². The molecule has 0 amide bonds. The molecule has 0 aliphatic rings. The van der Waals surface area contributed by atoms with E-state index in [-0.39, 0.29) is 24.5 Å². The van der Waals surface area contributed by atoms with Gasteiger partial charge >= 0.3 is 0 Å². The summed E-state index contributed by atoms with van der Waals surface area (Å²) in [7, 11) is 1.41. The van der Waals surface area contributed by atoms with E-state index in [1.165, 1.54) is 17.9 Å². The van der Waals surface area contributed by atoms with Gasteiger partial charge in [0.2, 0.25) is 0 Å². The predicted molar refractivity (Wildman–Crippen MR) is 50.3 cm³/mol. The van der Waals surface area contributed by atoms with Crippen LogP contribution in [0.2, 0.25) is 0 Å². The molecule has 1 aromatic rings. The molecule has 0 aliphatic heterocycles. The van der Waals surface area contributed by atoms with Crippen LogP contribution in [0.3, 0.4) is 0 Å². The Labute approximate surface area is 81.2 Å². The topological polar surface area (TPSA) is 71.7 Å². The van der Waals surface area contributed by atoms with Crippen LogP contribution < -0.4 is 10.3 Å². The molecule has 78 valence electrons. The zero-order valence-electron chi connectivity index (χ0n) is 7.88. The van der Waals surface area contributed by atoms with Gasteiger partial charge in [-0.15, -0.1) is 0 Å². The molecule has 0 aliphatic carbocycles. The second-order valence-corrected chi connectivity index (χ2v) is 2.87. The van der Waals surface area contributed by atoms with Crippen LogP contribution in [0.1, 0.15) is 0 Å². The Morgan fingerprint density at radius 2 is 2.36 bits per heavy atom. The molecule has 1 unspecified atom stereocenters. The van der Waals surface area contributed by atoms with E-state index >= 15 is 0 Å². The third kappa shape index (κ3) is 2.34. The van der Waals surface area contributed by atoms with Gasteiger partial charge in [-0.2, -0.15) is 0 Å². The molecule has 1 aromatic heterocycles. The number of nitrogens with zero attached hydrogens (tertiary/aromatic N) is 1. The Balaban J connectivity index is 2.93. The molecular formula is C9H13NO4. The van der Waals surface area contributed by atoms with Crippen LogP contribution in [0.25, 0.3) is 0 Å². The lowest BCUT2D eigenvalue weighted by atomic mass is 10.3. The number of aromatic nitrogens is 1. The lowest BCUT2D eigenvalue weighted by Crippen LogP contribution is -2.28. The number of ether oxygens (including phenoxy) is 1. The number of hydrogen-bond acceptors (Lipinski definition) is 4. The Morgan fingerprint density at radius 3 is 2.93 bits per heavy atom. The van der Waals surface area contributed by atoms with Crippen molar-refractivity contribution >= 4 is 0 Å². The van der Waals surface area contributed by atoms with Crippen LogP contribution in [-0.4, -0.2) is 34.6 Å². The molecule has 0 saturated carbocycles. The van der Waals surface area contributed by atoms with Gasteiger partial charge in [-0.3, -0.25) is 4.79 Å². The maximum atomic E-state index is 11.5. The first-order valence-electron chi connectivity index (χ1n) is 4.21. The molecule has 14 heavy (non-hydrogen) atoms. The first kappa shape index (κ1) is 10.7. The summed E-state index contributed by atoms with van der Waals surface area (Å²) in [6.07, 6.45) is 0.601. The van der Waals surface area contributed by atoms with Crippen LogP contribution >= 0.6 is 0 Å². The van der Waals surface area contributed by atoms with Crippen molar-refractivity contribution < 1.29 is 14.9 Å². The van der Waals surface area contributed by atoms with E-state index in [0.29, 0.717) is 0 Å². The highest BCUT2D eigenvalue weighted by atomic mass is 16.5. The van der Waals surface area contributed by atoms with E-state index < -0.39 is 6.10 Å². The highest BCUT2D eigenvalue weighted by Gasteiger charge is 2.07. The second kappa shape index (κ2) is 4.78. The molecule has 1 rings (SSSR count). The maximum absolute atomic E-state index is 11.5. The zero-order valence-corrected chi connectivity index (χ0v) is 7.88. The van der Waals surface area contributed by atoms with Gasteiger partial charge in [0.15, 0.2) is 5.75 Å². The fraction of sp³-hybridized carbons (Fsp3) is 0.444. The Bertz CT molecular complexity index is 347. The van der Waals surface area contributed by atoms with Crippen LogP contribution in [-0.2, 0) is 6.54 Å². The third-order valence-corrected chi connectivity index (χ3v) is 1.82. The molecule has 5 heteroatoms. The normalized spacial score (nSPS) is 12.5. The fourth-order valence-corrected chi connectivity index (χ4v) is 1.10. The minimum absolute atomic E-state index is 0.0620. The standard InChI is InChI=1S/C9H13NO4/c1-14-8-3-2-4-10(9(8)13)5-7(12)6-11/h2-4,7,11-12H,5-6H2,1H3. The number of rotatable bonds is 4. The molecule has 2 N–H and O–H groups in total. The molecule has 1 heterocycles. The highest BCUT2D eigenvalue weighted by Crippen LogP contribution is 2.00. The molecular weight excluding hydrogens is 186 g/mol. The molecule has 0 saturated heterocycles. The summed E-state index contributed by atoms with van der Waals surface area (Å²) in [4.78, 5) is 11.5. The van der Waals surface area contributed by atoms with Crippen LogP contribution in [0.4, 0.5) is 0 Å². The molecule has 0 aromatic carbocycles. The van der Waals surface area contributed by atoms with Crippen molar-refractivity contribution in [3.05, 3.63) is 28.7 Å². The van der Waals surface area contributed by atoms with Gasteiger partial charge in [-0.1, -0.05) is 0 Å². The van der Waals surface area contributed by atoms with E-state index in [1.807, 2.05) is 0 Å². The number of hydrogen-bond donors (Lipinski definition) is 2. The van der Waals surface area contributed by atoms with Crippen molar-refractivity contribution in [3.8, 4) is 5.75 Å². The van der Waals surface area contributed by atoms with Gasteiger partial charge in [-0.05, 0) is 12.1 Å². The predicted octanol–water partition coefficient (Wildman–Crippen LogP) is -0.790.